The van der Waals surface area contributed by atoms with Crippen LogP contribution < -0.4 is 10.1 Å². The molecule has 0 aromatic carbocycles. The van der Waals surface area contributed by atoms with Crippen molar-refractivity contribution in [3.05, 3.63) is 42.8 Å². The van der Waals surface area contributed by atoms with Gasteiger partial charge in [-0.15, -0.1) is 23.4 Å². The molecule has 0 aliphatic heterocycles. The highest BCUT2D eigenvalue weighted by Gasteiger charge is 2.58. The zero-order valence-corrected chi connectivity index (χ0v) is 21.2. The summed E-state index contributed by atoms with van der Waals surface area (Å²) in [6.45, 7) is 13.1. The van der Waals surface area contributed by atoms with E-state index in [0.717, 1.165) is 12.1 Å². The summed E-state index contributed by atoms with van der Waals surface area (Å²) in [5.74, 6) is -2.52. The number of anilines is 1. The van der Waals surface area contributed by atoms with E-state index in [0.29, 0.717) is 0 Å². The van der Waals surface area contributed by atoms with Gasteiger partial charge in [-0.25, -0.2) is 18.6 Å². The van der Waals surface area contributed by atoms with Gasteiger partial charge in [-0.2, -0.15) is 13.2 Å². The Bertz CT molecular complexity index is 1150. The van der Waals surface area contributed by atoms with Crippen LogP contribution in [0.15, 0.2) is 35.8 Å². The third-order valence-corrected chi connectivity index (χ3v) is 4.86. The predicted molar refractivity (Wildman–Crippen MR) is 127 cm³/mol. The van der Waals surface area contributed by atoms with Crippen LogP contribution in [0, 0.1) is 0 Å². The van der Waals surface area contributed by atoms with E-state index in [-0.39, 0.29) is 12.8 Å². The van der Waals surface area contributed by atoms with Gasteiger partial charge < -0.3 is 19.0 Å². The van der Waals surface area contributed by atoms with Crippen molar-refractivity contribution in [2.75, 3.05) is 5.32 Å². The maximum atomic E-state index is 13.9. The number of carbonyl (C=O) groups is 1. The average molecular weight is 549 g/mol. The molecule has 0 aliphatic rings. The minimum atomic E-state index is -5.21. The SMILES string of the molecule is C=CCCC(O)(c1nnc(-c2nc(O[C@H](C)CC=C)c(C(F)F)cc2NC(=O)OC(C)(C)C)o1)C(F)(F)F. The van der Waals surface area contributed by atoms with E-state index in [1.54, 1.807) is 27.7 Å². The number of amides is 1. The van der Waals surface area contributed by atoms with Crippen LogP contribution in [0.1, 0.15) is 64.8 Å². The van der Waals surface area contributed by atoms with Gasteiger partial charge in [0.15, 0.2) is 5.69 Å². The zero-order valence-electron chi connectivity index (χ0n) is 21.2. The van der Waals surface area contributed by atoms with E-state index in [2.05, 4.69) is 33.7 Å². The Morgan fingerprint density at radius 3 is 2.39 bits per heavy atom. The summed E-state index contributed by atoms with van der Waals surface area (Å²) in [7, 11) is 0. The summed E-state index contributed by atoms with van der Waals surface area (Å²) in [5, 5.41) is 19.5. The minimum Gasteiger partial charge on any atom is -0.474 e. The Labute approximate surface area is 215 Å². The summed E-state index contributed by atoms with van der Waals surface area (Å²) in [6.07, 6.45) is -8.30. The molecule has 0 saturated heterocycles. The van der Waals surface area contributed by atoms with Crippen molar-refractivity contribution in [2.24, 2.45) is 0 Å². The fourth-order valence-electron chi connectivity index (χ4n) is 3.07. The van der Waals surface area contributed by atoms with E-state index in [4.69, 9.17) is 13.9 Å². The number of aromatic nitrogens is 3. The van der Waals surface area contributed by atoms with Crippen LogP contribution in [0.2, 0.25) is 0 Å². The maximum Gasteiger partial charge on any atom is 0.426 e. The largest absolute Gasteiger partial charge is 0.474 e. The molecule has 2 aromatic rings. The number of hydrogen-bond acceptors (Lipinski definition) is 8. The Balaban J connectivity index is 2.70. The van der Waals surface area contributed by atoms with E-state index in [1.165, 1.54) is 6.08 Å². The third kappa shape index (κ3) is 7.49. The van der Waals surface area contributed by atoms with Crippen molar-refractivity contribution in [1.82, 2.24) is 15.2 Å². The van der Waals surface area contributed by atoms with Crippen molar-refractivity contribution < 1.29 is 45.7 Å². The third-order valence-electron chi connectivity index (χ3n) is 4.86. The van der Waals surface area contributed by atoms with Gasteiger partial charge in [0.25, 0.3) is 18.2 Å². The molecule has 0 radical (unpaired) electrons. The van der Waals surface area contributed by atoms with Crippen LogP contribution in [0.4, 0.5) is 32.4 Å². The highest BCUT2D eigenvalue weighted by Crippen LogP contribution is 2.43. The molecule has 0 spiro atoms. The molecule has 1 amide bonds. The maximum absolute atomic E-state index is 13.9. The standard InChI is InChI=1S/C24H29F5N4O5/c1-7-9-11-23(35,24(27,28)29)20-33-32-19(37-20)16-15(30-21(34)38-22(4,5)6)12-14(17(25)26)18(31-16)36-13(3)10-8-2/h7-8,12-13,17,35H,1-2,9-11H2,3-6H3,(H,30,34)/t13-,23?/m1/s1. The number of carbonyl (C=O) groups excluding carboxylic acids is 1. The van der Waals surface area contributed by atoms with Crippen LogP contribution in [-0.4, -0.2) is 44.3 Å². The fraction of sp³-hybridized carbons (Fsp3) is 0.500. The van der Waals surface area contributed by atoms with Gasteiger partial charge in [-0.05, 0) is 46.6 Å². The monoisotopic (exact) mass is 548 g/mol. The number of nitrogens with one attached hydrogen (secondary N) is 1. The van der Waals surface area contributed by atoms with Gasteiger partial charge in [-0.1, -0.05) is 12.2 Å². The summed E-state index contributed by atoms with van der Waals surface area (Å²) in [6, 6.07) is 0.810. The first-order valence-electron chi connectivity index (χ1n) is 11.4. The lowest BCUT2D eigenvalue weighted by Crippen LogP contribution is -2.42. The second-order valence-electron chi connectivity index (χ2n) is 9.26. The molecule has 14 heteroatoms. The first-order valence-corrected chi connectivity index (χ1v) is 11.4. The van der Waals surface area contributed by atoms with Gasteiger partial charge in [0, 0.05) is 6.42 Å². The summed E-state index contributed by atoms with van der Waals surface area (Å²) in [4.78, 5) is 16.4. The number of ether oxygens (including phenoxy) is 2. The molecule has 210 valence electrons. The van der Waals surface area contributed by atoms with Crippen LogP contribution in [-0.2, 0) is 10.3 Å². The zero-order chi connectivity index (χ0) is 28.9. The number of halogens is 5. The molecule has 2 rings (SSSR count). The van der Waals surface area contributed by atoms with Crippen LogP contribution in [0.3, 0.4) is 0 Å². The van der Waals surface area contributed by atoms with Crippen LogP contribution >= 0.6 is 0 Å². The van der Waals surface area contributed by atoms with Gasteiger partial charge in [-0.3, -0.25) is 5.32 Å². The van der Waals surface area contributed by atoms with E-state index in [1.807, 2.05) is 0 Å². The van der Waals surface area contributed by atoms with Crippen LogP contribution in [0.25, 0.3) is 11.6 Å². The molecular formula is C24H29F5N4O5. The molecule has 2 heterocycles. The second-order valence-corrected chi connectivity index (χ2v) is 9.26. The van der Waals surface area contributed by atoms with Crippen molar-refractivity contribution >= 4 is 11.8 Å². The number of alkyl halides is 5. The van der Waals surface area contributed by atoms with Crippen molar-refractivity contribution in [3.8, 4) is 17.5 Å². The summed E-state index contributed by atoms with van der Waals surface area (Å²) >= 11 is 0. The Kier molecular flexibility index (Phi) is 9.59. The number of nitrogens with zero attached hydrogens (tertiary/aromatic N) is 3. The number of hydrogen-bond donors (Lipinski definition) is 2. The highest BCUT2D eigenvalue weighted by atomic mass is 19.4. The van der Waals surface area contributed by atoms with Crippen molar-refractivity contribution in [1.29, 1.82) is 0 Å². The Morgan fingerprint density at radius 2 is 1.87 bits per heavy atom. The molecule has 0 aliphatic carbocycles. The topological polar surface area (TPSA) is 120 Å². The lowest BCUT2D eigenvalue weighted by atomic mass is 9.97. The second kappa shape index (κ2) is 11.9. The van der Waals surface area contributed by atoms with Crippen molar-refractivity contribution in [3.63, 3.8) is 0 Å². The number of pyridine rings is 1. The minimum absolute atomic E-state index is 0.250. The van der Waals surface area contributed by atoms with Gasteiger partial charge in [0.2, 0.25) is 11.5 Å². The number of aliphatic hydroxyl groups is 1. The molecule has 38 heavy (non-hydrogen) atoms. The van der Waals surface area contributed by atoms with Gasteiger partial charge >= 0.3 is 12.3 Å². The molecule has 1 unspecified atom stereocenters. The van der Waals surface area contributed by atoms with E-state index >= 15 is 0 Å². The summed E-state index contributed by atoms with van der Waals surface area (Å²) < 4.78 is 84.8. The predicted octanol–water partition coefficient (Wildman–Crippen LogP) is 6.48. The fourth-order valence-corrected chi connectivity index (χ4v) is 3.07. The normalized spacial score (nSPS) is 14.5. The number of allylic oxidation sites excluding steroid dienone is 1. The lowest BCUT2D eigenvalue weighted by molar-refractivity contribution is -0.276. The molecule has 2 atom stereocenters. The number of rotatable bonds is 11. The van der Waals surface area contributed by atoms with Gasteiger partial charge in [0.1, 0.15) is 11.7 Å². The van der Waals surface area contributed by atoms with E-state index in [9.17, 15) is 31.9 Å². The molecule has 0 bridgehead atoms. The molecule has 2 N–H and O–H groups in total. The van der Waals surface area contributed by atoms with E-state index < -0.39 is 77.0 Å². The first-order chi connectivity index (χ1) is 17.5. The molecular weight excluding hydrogens is 519 g/mol. The van der Waals surface area contributed by atoms with Gasteiger partial charge in [0.05, 0.1) is 11.3 Å². The molecule has 2 aromatic heterocycles. The smallest absolute Gasteiger partial charge is 0.426 e. The molecule has 9 nitrogen and oxygen atoms in total. The average Bonchev–Trinajstić information content (AvgIpc) is 3.26. The first kappa shape index (κ1) is 30.7. The van der Waals surface area contributed by atoms with Crippen LogP contribution in [0.5, 0.6) is 5.88 Å². The lowest BCUT2D eigenvalue weighted by Gasteiger charge is -2.26. The molecule has 0 saturated carbocycles. The Hall–Kier alpha value is -3.55. The molecule has 0 fully saturated rings. The Morgan fingerprint density at radius 1 is 1.21 bits per heavy atom. The quantitative estimate of drug-likeness (QED) is 0.242. The summed E-state index contributed by atoms with van der Waals surface area (Å²) in [5.41, 5.74) is -6.17. The van der Waals surface area contributed by atoms with Crippen molar-refractivity contribution in [2.45, 2.75) is 76.9 Å². The highest BCUT2D eigenvalue weighted by molar-refractivity contribution is 5.89.